The van der Waals surface area contributed by atoms with Crippen molar-refractivity contribution in [1.29, 1.82) is 0 Å². The SMILES string of the molecule is CCc1cc(Cn2ccc3sccc3c2=O)n(C)n1. The zero-order chi connectivity index (χ0) is 13.4. The minimum atomic E-state index is 0.0676. The molecule has 0 aliphatic rings. The highest BCUT2D eigenvalue weighted by molar-refractivity contribution is 7.17. The smallest absolute Gasteiger partial charge is 0.259 e. The third kappa shape index (κ3) is 2.10. The Morgan fingerprint density at radius 2 is 2.21 bits per heavy atom. The van der Waals surface area contributed by atoms with E-state index in [0.717, 1.165) is 27.9 Å². The molecule has 3 aromatic rings. The molecule has 0 spiro atoms. The highest BCUT2D eigenvalue weighted by atomic mass is 32.1. The molecule has 0 aliphatic heterocycles. The van der Waals surface area contributed by atoms with E-state index in [2.05, 4.69) is 18.1 Å². The quantitative estimate of drug-likeness (QED) is 0.735. The molecule has 98 valence electrons. The number of rotatable bonds is 3. The van der Waals surface area contributed by atoms with Crippen molar-refractivity contribution in [2.24, 2.45) is 7.05 Å². The molecule has 0 aromatic carbocycles. The van der Waals surface area contributed by atoms with Crippen LogP contribution in [-0.4, -0.2) is 14.3 Å². The topological polar surface area (TPSA) is 39.8 Å². The largest absolute Gasteiger partial charge is 0.309 e. The Morgan fingerprint density at radius 1 is 1.37 bits per heavy atom. The second-order valence-electron chi connectivity index (χ2n) is 4.55. The summed E-state index contributed by atoms with van der Waals surface area (Å²) >= 11 is 1.60. The molecular formula is C14H15N3OS. The molecule has 0 aliphatic carbocycles. The number of hydrogen-bond donors (Lipinski definition) is 0. The minimum Gasteiger partial charge on any atom is -0.309 e. The van der Waals surface area contributed by atoms with Gasteiger partial charge in [-0.1, -0.05) is 6.92 Å². The number of aryl methyl sites for hydroxylation is 2. The summed E-state index contributed by atoms with van der Waals surface area (Å²) in [6.45, 7) is 2.64. The van der Waals surface area contributed by atoms with Crippen LogP contribution in [0.25, 0.3) is 10.1 Å². The molecular weight excluding hydrogens is 258 g/mol. The minimum absolute atomic E-state index is 0.0676. The van der Waals surface area contributed by atoms with Crippen molar-refractivity contribution in [3.63, 3.8) is 0 Å². The van der Waals surface area contributed by atoms with Crippen molar-refractivity contribution in [2.75, 3.05) is 0 Å². The van der Waals surface area contributed by atoms with E-state index in [1.165, 1.54) is 0 Å². The van der Waals surface area contributed by atoms with Crippen LogP contribution in [0.2, 0.25) is 0 Å². The zero-order valence-electron chi connectivity index (χ0n) is 11.0. The molecule has 5 heteroatoms. The third-order valence-corrected chi connectivity index (χ3v) is 4.20. The summed E-state index contributed by atoms with van der Waals surface area (Å²) in [5.74, 6) is 0. The lowest BCUT2D eigenvalue weighted by Crippen LogP contribution is -2.20. The average molecular weight is 273 g/mol. The van der Waals surface area contributed by atoms with Crippen molar-refractivity contribution >= 4 is 21.4 Å². The fourth-order valence-corrected chi connectivity index (χ4v) is 2.97. The lowest BCUT2D eigenvalue weighted by Gasteiger charge is -2.05. The molecule has 0 atom stereocenters. The van der Waals surface area contributed by atoms with Crippen molar-refractivity contribution in [1.82, 2.24) is 14.3 Å². The summed E-state index contributed by atoms with van der Waals surface area (Å²) < 4.78 is 4.63. The maximum absolute atomic E-state index is 12.3. The van der Waals surface area contributed by atoms with Crippen LogP contribution in [0.3, 0.4) is 0 Å². The first-order chi connectivity index (χ1) is 9.19. The Kier molecular flexibility index (Phi) is 2.98. The van der Waals surface area contributed by atoms with Crippen LogP contribution in [0, 0.1) is 0 Å². The van der Waals surface area contributed by atoms with Gasteiger partial charge in [0, 0.05) is 17.9 Å². The zero-order valence-corrected chi connectivity index (χ0v) is 11.8. The van der Waals surface area contributed by atoms with Gasteiger partial charge in [-0.2, -0.15) is 5.10 Å². The number of thiophene rings is 1. The van der Waals surface area contributed by atoms with Gasteiger partial charge >= 0.3 is 0 Å². The van der Waals surface area contributed by atoms with Crippen LogP contribution < -0.4 is 5.56 Å². The van der Waals surface area contributed by atoms with Crippen molar-refractivity contribution in [3.05, 3.63) is 51.5 Å². The molecule has 0 amide bonds. The predicted octanol–water partition coefficient (Wildman–Crippen LogP) is 2.41. The van der Waals surface area contributed by atoms with Crippen LogP contribution in [0.1, 0.15) is 18.3 Å². The van der Waals surface area contributed by atoms with Gasteiger partial charge < -0.3 is 4.57 Å². The Bertz CT molecular complexity index is 781. The van der Waals surface area contributed by atoms with Crippen LogP contribution in [0.5, 0.6) is 0 Å². The number of aromatic nitrogens is 3. The van der Waals surface area contributed by atoms with Gasteiger partial charge in [0.15, 0.2) is 0 Å². The first kappa shape index (κ1) is 12.2. The van der Waals surface area contributed by atoms with E-state index in [0.29, 0.717) is 6.54 Å². The van der Waals surface area contributed by atoms with E-state index in [4.69, 9.17) is 0 Å². The number of hydrogen-bond acceptors (Lipinski definition) is 3. The third-order valence-electron chi connectivity index (χ3n) is 3.31. The molecule has 0 saturated heterocycles. The van der Waals surface area contributed by atoms with Crippen LogP contribution in [-0.2, 0) is 20.0 Å². The van der Waals surface area contributed by atoms with E-state index < -0.39 is 0 Å². The summed E-state index contributed by atoms with van der Waals surface area (Å²) in [4.78, 5) is 12.3. The van der Waals surface area contributed by atoms with Gasteiger partial charge in [0.2, 0.25) is 0 Å². The van der Waals surface area contributed by atoms with Gasteiger partial charge in [-0.3, -0.25) is 9.48 Å². The van der Waals surface area contributed by atoms with Crippen molar-refractivity contribution in [3.8, 4) is 0 Å². The van der Waals surface area contributed by atoms with Crippen molar-refractivity contribution in [2.45, 2.75) is 19.9 Å². The fraction of sp³-hybridized carbons (Fsp3) is 0.286. The predicted molar refractivity (Wildman–Crippen MR) is 77.8 cm³/mol. The van der Waals surface area contributed by atoms with Crippen LogP contribution >= 0.6 is 11.3 Å². The maximum Gasteiger partial charge on any atom is 0.259 e. The molecule has 0 N–H and O–H groups in total. The highest BCUT2D eigenvalue weighted by Crippen LogP contribution is 2.16. The lowest BCUT2D eigenvalue weighted by molar-refractivity contribution is 0.652. The highest BCUT2D eigenvalue weighted by Gasteiger charge is 2.08. The van der Waals surface area contributed by atoms with Crippen molar-refractivity contribution < 1.29 is 0 Å². The van der Waals surface area contributed by atoms with E-state index >= 15 is 0 Å². The summed E-state index contributed by atoms with van der Waals surface area (Å²) in [6.07, 6.45) is 2.77. The Balaban J connectivity index is 2.02. The summed E-state index contributed by atoms with van der Waals surface area (Å²) in [5.41, 5.74) is 2.17. The number of pyridine rings is 1. The van der Waals surface area contributed by atoms with Gasteiger partial charge in [0.1, 0.15) is 0 Å². The van der Waals surface area contributed by atoms with E-state index in [-0.39, 0.29) is 5.56 Å². The average Bonchev–Trinajstić information content (AvgIpc) is 3.00. The second-order valence-corrected chi connectivity index (χ2v) is 5.50. The summed E-state index contributed by atoms with van der Waals surface area (Å²) in [7, 11) is 1.92. The van der Waals surface area contributed by atoms with E-state index in [9.17, 15) is 4.79 Å². The standard InChI is InChI=1S/C14H15N3OS/c1-3-10-8-11(16(2)15-10)9-17-6-4-13-12(14(17)18)5-7-19-13/h4-8H,3,9H2,1-2H3. The van der Waals surface area contributed by atoms with E-state index in [1.807, 2.05) is 35.4 Å². The summed E-state index contributed by atoms with van der Waals surface area (Å²) in [5, 5.41) is 7.16. The first-order valence-corrected chi connectivity index (χ1v) is 7.15. The molecule has 3 heterocycles. The van der Waals surface area contributed by atoms with Gasteiger partial charge in [-0.25, -0.2) is 0 Å². The monoisotopic (exact) mass is 273 g/mol. The summed E-state index contributed by atoms with van der Waals surface area (Å²) in [6, 6.07) is 5.95. The normalized spacial score (nSPS) is 11.3. The molecule has 0 unspecified atom stereocenters. The number of fused-ring (bicyclic) bond motifs is 1. The molecule has 3 aromatic heterocycles. The fourth-order valence-electron chi connectivity index (χ4n) is 2.20. The Labute approximate surface area is 114 Å². The molecule has 4 nitrogen and oxygen atoms in total. The van der Waals surface area contributed by atoms with Gasteiger partial charge in [-0.05, 0) is 30.0 Å². The van der Waals surface area contributed by atoms with Gasteiger partial charge in [0.25, 0.3) is 5.56 Å². The number of nitrogens with zero attached hydrogens (tertiary/aromatic N) is 3. The molecule has 3 rings (SSSR count). The van der Waals surface area contributed by atoms with Crippen LogP contribution in [0.4, 0.5) is 0 Å². The maximum atomic E-state index is 12.3. The molecule has 19 heavy (non-hydrogen) atoms. The van der Waals surface area contributed by atoms with Gasteiger partial charge in [0.05, 0.1) is 23.3 Å². The van der Waals surface area contributed by atoms with Crippen LogP contribution in [0.15, 0.2) is 34.6 Å². The molecule has 0 radical (unpaired) electrons. The van der Waals surface area contributed by atoms with Gasteiger partial charge in [-0.15, -0.1) is 11.3 Å². The molecule has 0 fully saturated rings. The van der Waals surface area contributed by atoms with E-state index in [1.54, 1.807) is 15.9 Å². The first-order valence-electron chi connectivity index (χ1n) is 6.27. The Morgan fingerprint density at radius 3 is 2.95 bits per heavy atom. The Hall–Kier alpha value is -1.88. The molecule has 0 saturated carbocycles. The molecule has 0 bridgehead atoms. The second kappa shape index (κ2) is 4.66. The lowest BCUT2D eigenvalue weighted by atomic mass is 10.3.